The van der Waals surface area contributed by atoms with Crippen LogP contribution < -0.4 is 5.73 Å². The van der Waals surface area contributed by atoms with Crippen LogP contribution in [0.5, 0.6) is 0 Å². The van der Waals surface area contributed by atoms with E-state index in [-0.39, 0.29) is 5.54 Å². The van der Waals surface area contributed by atoms with Gasteiger partial charge < -0.3 is 10.6 Å². The van der Waals surface area contributed by atoms with Gasteiger partial charge in [-0.2, -0.15) is 0 Å². The van der Waals surface area contributed by atoms with Gasteiger partial charge in [0.2, 0.25) is 0 Å². The number of likely N-dealkylation sites (tertiary alicyclic amines) is 1. The standard InChI is InChI=1S/C15H32N2/c1-14(2,3)13-7-11-17(12-8-13)10-6-9-15(4,5)16/h13H,6-12,16H2,1-5H3. The predicted octanol–water partition coefficient (Wildman–Crippen LogP) is 3.26. The zero-order chi connectivity index (χ0) is 13.1. The van der Waals surface area contributed by atoms with Gasteiger partial charge in [0.25, 0.3) is 0 Å². The first kappa shape index (κ1) is 15.0. The molecule has 2 N–H and O–H groups in total. The molecule has 1 saturated heterocycles. The van der Waals surface area contributed by atoms with E-state index in [4.69, 9.17) is 5.73 Å². The lowest BCUT2D eigenvalue weighted by atomic mass is 9.75. The van der Waals surface area contributed by atoms with Crippen LogP contribution >= 0.6 is 0 Å². The molecule has 0 aromatic heterocycles. The predicted molar refractivity (Wildman–Crippen MR) is 76.1 cm³/mol. The van der Waals surface area contributed by atoms with Crippen molar-refractivity contribution in [1.29, 1.82) is 0 Å². The molecule has 1 heterocycles. The number of rotatable bonds is 4. The molecule has 0 atom stereocenters. The molecule has 2 nitrogen and oxygen atoms in total. The average Bonchev–Trinajstić information content (AvgIpc) is 2.15. The molecule has 0 saturated carbocycles. The summed E-state index contributed by atoms with van der Waals surface area (Å²) in [4.78, 5) is 2.62. The van der Waals surface area contributed by atoms with Gasteiger partial charge in [-0.3, -0.25) is 0 Å². The summed E-state index contributed by atoms with van der Waals surface area (Å²) < 4.78 is 0. The Balaban J connectivity index is 2.20. The summed E-state index contributed by atoms with van der Waals surface area (Å²) in [6, 6.07) is 0. The molecule has 2 heteroatoms. The molecule has 0 aliphatic carbocycles. The Kier molecular flexibility index (Phi) is 5.03. The minimum absolute atomic E-state index is 0.00370. The number of nitrogens with zero attached hydrogens (tertiary/aromatic N) is 1. The van der Waals surface area contributed by atoms with Crippen molar-refractivity contribution < 1.29 is 0 Å². The molecule has 17 heavy (non-hydrogen) atoms. The van der Waals surface area contributed by atoms with E-state index in [2.05, 4.69) is 39.5 Å². The van der Waals surface area contributed by atoms with Gasteiger partial charge in [-0.1, -0.05) is 20.8 Å². The first-order chi connectivity index (χ1) is 7.68. The molecule has 0 spiro atoms. The molecule has 0 radical (unpaired) electrons. The van der Waals surface area contributed by atoms with Crippen molar-refractivity contribution in [3.05, 3.63) is 0 Å². The second-order valence-electron chi connectivity index (χ2n) is 7.57. The van der Waals surface area contributed by atoms with Crippen LogP contribution in [-0.4, -0.2) is 30.1 Å². The van der Waals surface area contributed by atoms with Gasteiger partial charge in [0.15, 0.2) is 0 Å². The van der Waals surface area contributed by atoms with E-state index in [1.807, 2.05) is 0 Å². The topological polar surface area (TPSA) is 29.3 Å². The fraction of sp³-hybridized carbons (Fsp3) is 1.00. The number of hydrogen-bond acceptors (Lipinski definition) is 2. The highest BCUT2D eigenvalue weighted by Gasteiger charge is 2.28. The monoisotopic (exact) mass is 240 g/mol. The Morgan fingerprint density at radius 1 is 1.06 bits per heavy atom. The van der Waals surface area contributed by atoms with Crippen LogP contribution in [0.2, 0.25) is 0 Å². The van der Waals surface area contributed by atoms with Gasteiger partial charge in [0.1, 0.15) is 0 Å². The van der Waals surface area contributed by atoms with Gasteiger partial charge >= 0.3 is 0 Å². The summed E-state index contributed by atoms with van der Waals surface area (Å²) in [7, 11) is 0. The third-order valence-corrected chi connectivity index (χ3v) is 4.11. The molecule has 1 aliphatic heterocycles. The zero-order valence-corrected chi connectivity index (χ0v) is 12.6. The lowest BCUT2D eigenvalue weighted by Crippen LogP contribution is -2.39. The Morgan fingerprint density at radius 2 is 1.59 bits per heavy atom. The molecule has 1 fully saturated rings. The van der Waals surface area contributed by atoms with Gasteiger partial charge in [-0.25, -0.2) is 0 Å². The summed E-state index contributed by atoms with van der Waals surface area (Å²) in [6.45, 7) is 15.2. The Bertz CT molecular complexity index is 211. The van der Waals surface area contributed by atoms with E-state index in [0.717, 1.165) is 12.3 Å². The second kappa shape index (κ2) is 5.71. The average molecular weight is 240 g/mol. The first-order valence-corrected chi connectivity index (χ1v) is 7.20. The van der Waals surface area contributed by atoms with E-state index in [9.17, 15) is 0 Å². The van der Waals surface area contributed by atoms with Crippen LogP contribution in [0, 0.1) is 11.3 Å². The molecule has 0 unspecified atom stereocenters. The van der Waals surface area contributed by atoms with Crippen molar-refractivity contribution in [2.45, 2.75) is 65.8 Å². The maximum Gasteiger partial charge on any atom is 0.00975 e. The fourth-order valence-corrected chi connectivity index (χ4v) is 2.78. The number of piperidine rings is 1. The fourth-order valence-electron chi connectivity index (χ4n) is 2.78. The Morgan fingerprint density at radius 3 is 2.00 bits per heavy atom. The van der Waals surface area contributed by atoms with E-state index >= 15 is 0 Å². The maximum absolute atomic E-state index is 6.01. The normalized spacial score (nSPS) is 20.8. The Labute approximate surface area is 108 Å². The summed E-state index contributed by atoms with van der Waals surface area (Å²) >= 11 is 0. The smallest absolute Gasteiger partial charge is 0.00975 e. The summed E-state index contributed by atoms with van der Waals surface area (Å²) in [5.74, 6) is 0.907. The minimum atomic E-state index is 0.00370. The van der Waals surface area contributed by atoms with Crippen molar-refractivity contribution >= 4 is 0 Å². The van der Waals surface area contributed by atoms with E-state index in [1.54, 1.807) is 0 Å². The SMILES string of the molecule is CC(C)(N)CCCN1CCC(C(C)(C)C)CC1. The van der Waals surface area contributed by atoms with Gasteiger partial charge in [-0.05, 0) is 70.5 Å². The van der Waals surface area contributed by atoms with Crippen molar-refractivity contribution in [3.63, 3.8) is 0 Å². The van der Waals surface area contributed by atoms with Crippen LogP contribution in [0.4, 0.5) is 0 Å². The molecule has 0 amide bonds. The summed E-state index contributed by atoms with van der Waals surface area (Å²) in [5, 5.41) is 0. The third kappa shape index (κ3) is 5.87. The summed E-state index contributed by atoms with van der Waals surface area (Å²) in [6.07, 6.45) is 5.11. The van der Waals surface area contributed by atoms with Crippen LogP contribution in [0.1, 0.15) is 60.3 Å². The summed E-state index contributed by atoms with van der Waals surface area (Å²) in [5.41, 5.74) is 6.51. The number of hydrogen-bond donors (Lipinski definition) is 1. The number of nitrogens with two attached hydrogens (primary N) is 1. The van der Waals surface area contributed by atoms with Crippen molar-refractivity contribution in [1.82, 2.24) is 4.90 Å². The maximum atomic E-state index is 6.01. The molecule has 0 aromatic rings. The molecule has 0 aromatic carbocycles. The largest absolute Gasteiger partial charge is 0.326 e. The lowest BCUT2D eigenvalue weighted by molar-refractivity contribution is 0.110. The van der Waals surface area contributed by atoms with Gasteiger partial charge in [0, 0.05) is 5.54 Å². The molecule has 0 bridgehead atoms. The van der Waals surface area contributed by atoms with E-state index in [1.165, 1.54) is 38.9 Å². The van der Waals surface area contributed by atoms with Gasteiger partial charge in [-0.15, -0.1) is 0 Å². The van der Waals surface area contributed by atoms with E-state index in [0.29, 0.717) is 5.41 Å². The van der Waals surface area contributed by atoms with Gasteiger partial charge in [0.05, 0.1) is 0 Å². The molecular weight excluding hydrogens is 208 g/mol. The van der Waals surface area contributed by atoms with Crippen LogP contribution in [0.15, 0.2) is 0 Å². The minimum Gasteiger partial charge on any atom is -0.326 e. The molecular formula is C15H32N2. The van der Waals surface area contributed by atoms with Crippen molar-refractivity contribution in [2.75, 3.05) is 19.6 Å². The van der Waals surface area contributed by atoms with Crippen LogP contribution in [0.25, 0.3) is 0 Å². The third-order valence-electron chi connectivity index (χ3n) is 4.11. The quantitative estimate of drug-likeness (QED) is 0.817. The van der Waals surface area contributed by atoms with Crippen LogP contribution in [0.3, 0.4) is 0 Å². The Hall–Kier alpha value is -0.0800. The highest BCUT2D eigenvalue weighted by atomic mass is 15.1. The first-order valence-electron chi connectivity index (χ1n) is 7.20. The molecule has 1 rings (SSSR count). The molecule has 1 aliphatic rings. The van der Waals surface area contributed by atoms with Crippen molar-refractivity contribution in [3.8, 4) is 0 Å². The highest BCUT2D eigenvalue weighted by molar-refractivity contribution is 4.81. The second-order valence-corrected chi connectivity index (χ2v) is 7.57. The highest BCUT2D eigenvalue weighted by Crippen LogP contribution is 2.34. The van der Waals surface area contributed by atoms with Crippen LogP contribution in [-0.2, 0) is 0 Å². The molecule has 102 valence electrons. The lowest BCUT2D eigenvalue weighted by Gasteiger charge is -2.39. The zero-order valence-electron chi connectivity index (χ0n) is 12.6. The van der Waals surface area contributed by atoms with E-state index < -0.39 is 0 Å². The van der Waals surface area contributed by atoms with Crippen molar-refractivity contribution in [2.24, 2.45) is 17.1 Å².